The van der Waals surface area contributed by atoms with Crippen LogP contribution in [0.15, 0.2) is 39.9 Å². The molecule has 0 aliphatic carbocycles. The van der Waals surface area contributed by atoms with Gasteiger partial charge in [-0.25, -0.2) is 4.98 Å². The molecular formula is C13H12BrN5O. The van der Waals surface area contributed by atoms with Gasteiger partial charge in [0, 0.05) is 13.6 Å². The molecule has 20 heavy (non-hydrogen) atoms. The third-order valence-electron chi connectivity index (χ3n) is 2.98. The lowest BCUT2D eigenvalue weighted by atomic mass is 10.2. The summed E-state index contributed by atoms with van der Waals surface area (Å²) in [6.45, 7) is 0.592. The number of anilines is 1. The number of nitrogens with one attached hydrogen (secondary N) is 2. The Morgan fingerprint density at radius 3 is 2.80 bits per heavy atom. The first-order valence-corrected chi connectivity index (χ1v) is 6.84. The van der Waals surface area contributed by atoms with Crippen LogP contribution in [0.3, 0.4) is 0 Å². The number of nitrogens with zero attached hydrogens (tertiary/aromatic N) is 3. The van der Waals surface area contributed by atoms with Gasteiger partial charge in [0.25, 0.3) is 5.56 Å². The molecule has 102 valence electrons. The summed E-state index contributed by atoms with van der Waals surface area (Å²) in [6, 6.07) is 9.90. The fourth-order valence-corrected chi connectivity index (χ4v) is 2.26. The van der Waals surface area contributed by atoms with Gasteiger partial charge >= 0.3 is 0 Å². The van der Waals surface area contributed by atoms with Crippen LogP contribution in [-0.4, -0.2) is 19.5 Å². The van der Waals surface area contributed by atoms with Crippen LogP contribution in [0, 0.1) is 0 Å². The van der Waals surface area contributed by atoms with Gasteiger partial charge in [0.15, 0.2) is 15.9 Å². The molecule has 0 saturated carbocycles. The number of rotatable bonds is 3. The standard InChI is InChI=1S/C13H12BrN5O/c1-19-10-9(16-12(19)14)11(20)18-13(17-10)15-7-8-5-3-2-4-6-8/h2-6H,7H2,1H3,(H2,15,17,18,20). The summed E-state index contributed by atoms with van der Waals surface area (Å²) >= 11 is 3.28. The van der Waals surface area contributed by atoms with Crippen molar-refractivity contribution in [3.8, 4) is 0 Å². The highest BCUT2D eigenvalue weighted by molar-refractivity contribution is 9.10. The highest BCUT2D eigenvalue weighted by Crippen LogP contribution is 2.14. The van der Waals surface area contributed by atoms with Crippen LogP contribution in [0.5, 0.6) is 0 Å². The van der Waals surface area contributed by atoms with Crippen molar-refractivity contribution in [1.82, 2.24) is 19.5 Å². The number of hydrogen-bond donors (Lipinski definition) is 2. The van der Waals surface area contributed by atoms with Crippen molar-refractivity contribution in [1.29, 1.82) is 0 Å². The first kappa shape index (κ1) is 12.9. The summed E-state index contributed by atoms with van der Waals surface area (Å²) in [7, 11) is 1.80. The molecule has 0 bridgehead atoms. The highest BCUT2D eigenvalue weighted by atomic mass is 79.9. The Morgan fingerprint density at radius 1 is 1.30 bits per heavy atom. The fourth-order valence-electron chi connectivity index (χ4n) is 1.91. The van der Waals surface area contributed by atoms with Gasteiger partial charge in [-0.15, -0.1) is 0 Å². The molecule has 2 aromatic heterocycles. The molecule has 2 N–H and O–H groups in total. The number of fused-ring (bicyclic) bond motifs is 1. The molecule has 3 aromatic rings. The number of aromatic nitrogens is 4. The summed E-state index contributed by atoms with van der Waals surface area (Å²) in [4.78, 5) is 23.1. The second kappa shape index (κ2) is 5.09. The van der Waals surface area contributed by atoms with Gasteiger partial charge in [-0.1, -0.05) is 30.3 Å². The van der Waals surface area contributed by atoms with Gasteiger partial charge in [-0.05, 0) is 21.5 Å². The van der Waals surface area contributed by atoms with E-state index in [1.54, 1.807) is 11.6 Å². The van der Waals surface area contributed by atoms with E-state index in [1.165, 1.54) is 0 Å². The second-order valence-corrected chi connectivity index (χ2v) is 5.08. The Hall–Kier alpha value is -2.15. The Bertz CT molecular complexity index is 809. The third kappa shape index (κ3) is 2.32. The maximum atomic E-state index is 11.9. The number of aromatic amines is 1. The van der Waals surface area contributed by atoms with E-state index in [4.69, 9.17) is 0 Å². The lowest BCUT2D eigenvalue weighted by molar-refractivity contribution is 0.895. The molecule has 0 saturated heterocycles. The monoisotopic (exact) mass is 333 g/mol. The predicted molar refractivity (Wildman–Crippen MR) is 80.6 cm³/mol. The molecule has 0 spiro atoms. The normalized spacial score (nSPS) is 10.9. The van der Waals surface area contributed by atoms with Gasteiger partial charge in [0.05, 0.1) is 0 Å². The number of hydrogen-bond acceptors (Lipinski definition) is 4. The van der Waals surface area contributed by atoms with Crippen LogP contribution >= 0.6 is 15.9 Å². The Morgan fingerprint density at radius 2 is 2.05 bits per heavy atom. The summed E-state index contributed by atoms with van der Waals surface area (Å²) in [5, 5.41) is 3.11. The van der Waals surface area contributed by atoms with Crippen molar-refractivity contribution in [2.75, 3.05) is 5.32 Å². The largest absolute Gasteiger partial charge is 0.352 e. The lowest BCUT2D eigenvalue weighted by Crippen LogP contribution is -2.13. The molecule has 0 unspecified atom stereocenters. The minimum Gasteiger partial charge on any atom is -0.352 e. The molecule has 3 rings (SSSR count). The number of H-pyrrole nitrogens is 1. The molecule has 1 aromatic carbocycles. The Balaban J connectivity index is 1.93. The zero-order chi connectivity index (χ0) is 14.1. The average Bonchev–Trinajstić information content (AvgIpc) is 2.75. The van der Waals surface area contributed by atoms with E-state index < -0.39 is 0 Å². The van der Waals surface area contributed by atoms with Gasteiger partial charge in [0.2, 0.25) is 5.95 Å². The quantitative estimate of drug-likeness (QED) is 0.719. The average molecular weight is 334 g/mol. The van der Waals surface area contributed by atoms with E-state index >= 15 is 0 Å². The van der Waals surface area contributed by atoms with Crippen molar-refractivity contribution in [2.24, 2.45) is 7.05 Å². The highest BCUT2D eigenvalue weighted by Gasteiger charge is 2.11. The molecule has 0 aliphatic rings. The molecule has 0 fully saturated rings. The van der Waals surface area contributed by atoms with E-state index in [0.29, 0.717) is 28.4 Å². The maximum Gasteiger partial charge on any atom is 0.280 e. The second-order valence-electron chi connectivity index (χ2n) is 4.37. The zero-order valence-corrected chi connectivity index (χ0v) is 12.3. The number of aryl methyl sites for hydroxylation is 1. The molecule has 6 nitrogen and oxygen atoms in total. The van der Waals surface area contributed by atoms with Crippen molar-refractivity contribution in [2.45, 2.75) is 6.54 Å². The van der Waals surface area contributed by atoms with Gasteiger partial charge in [-0.2, -0.15) is 4.98 Å². The van der Waals surface area contributed by atoms with E-state index in [2.05, 4.69) is 36.2 Å². The Kier molecular flexibility index (Phi) is 3.27. The minimum atomic E-state index is -0.258. The van der Waals surface area contributed by atoms with Crippen LogP contribution in [0.2, 0.25) is 0 Å². The van der Waals surface area contributed by atoms with Crippen LogP contribution in [0.25, 0.3) is 11.2 Å². The van der Waals surface area contributed by atoms with Gasteiger partial charge < -0.3 is 9.88 Å². The van der Waals surface area contributed by atoms with Gasteiger partial charge in [-0.3, -0.25) is 9.78 Å². The summed E-state index contributed by atoms with van der Waals surface area (Å²) in [5.41, 5.74) is 1.72. The summed E-state index contributed by atoms with van der Waals surface area (Å²) < 4.78 is 2.30. The number of imidazole rings is 1. The molecular weight excluding hydrogens is 322 g/mol. The van der Waals surface area contributed by atoms with Crippen LogP contribution < -0.4 is 10.9 Å². The number of benzene rings is 1. The van der Waals surface area contributed by atoms with E-state index in [9.17, 15) is 4.79 Å². The van der Waals surface area contributed by atoms with E-state index in [-0.39, 0.29) is 5.56 Å². The molecule has 0 atom stereocenters. The van der Waals surface area contributed by atoms with Gasteiger partial charge in [0.1, 0.15) is 0 Å². The molecule has 2 heterocycles. The first-order chi connectivity index (χ1) is 9.65. The van der Waals surface area contributed by atoms with Crippen LogP contribution in [0.1, 0.15) is 5.56 Å². The lowest BCUT2D eigenvalue weighted by Gasteiger charge is -2.05. The zero-order valence-electron chi connectivity index (χ0n) is 10.7. The minimum absolute atomic E-state index is 0.258. The summed E-state index contributed by atoms with van der Waals surface area (Å²) in [5.74, 6) is 0.432. The van der Waals surface area contributed by atoms with E-state index in [1.807, 2.05) is 30.3 Å². The van der Waals surface area contributed by atoms with Crippen molar-refractivity contribution >= 4 is 33.0 Å². The molecule has 0 radical (unpaired) electrons. The molecule has 7 heteroatoms. The van der Waals surface area contributed by atoms with Crippen molar-refractivity contribution in [3.63, 3.8) is 0 Å². The van der Waals surface area contributed by atoms with Crippen LogP contribution in [-0.2, 0) is 13.6 Å². The molecule has 0 aliphatic heterocycles. The van der Waals surface area contributed by atoms with E-state index in [0.717, 1.165) is 5.56 Å². The number of halogens is 1. The maximum absolute atomic E-state index is 11.9. The SMILES string of the molecule is Cn1c(Br)nc2c(=O)[nH]c(NCc3ccccc3)nc21. The fraction of sp³-hybridized carbons (Fsp3) is 0.154. The third-order valence-corrected chi connectivity index (χ3v) is 3.69. The smallest absolute Gasteiger partial charge is 0.280 e. The topological polar surface area (TPSA) is 75.6 Å². The summed E-state index contributed by atoms with van der Waals surface area (Å²) in [6.07, 6.45) is 0. The first-order valence-electron chi connectivity index (χ1n) is 6.05. The molecule has 0 amide bonds. The van der Waals surface area contributed by atoms with Crippen molar-refractivity contribution in [3.05, 3.63) is 51.0 Å². The Labute approximate surface area is 123 Å². The van der Waals surface area contributed by atoms with Crippen LogP contribution in [0.4, 0.5) is 5.95 Å². The van der Waals surface area contributed by atoms with Crippen molar-refractivity contribution < 1.29 is 0 Å². The predicted octanol–water partition coefficient (Wildman–Crippen LogP) is 2.03.